The lowest BCUT2D eigenvalue weighted by molar-refractivity contribution is -0.117. The molecule has 1 saturated carbocycles. The first kappa shape index (κ1) is 14.5. The van der Waals surface area contributed by atoms with E-state index in [4.69, 9.17) is 0 Å². The molecule has 21 heavy (non-hydrogen) atoms. The van der Waals surface area contributed by atoms with Crippen molar-refractivity contribution in [1.29, 1.82) is 0 Å². The Morgan fingerprint density at radius 2 is 1.71 bits per heavy atom. The zero-order valence-electron chi connectivity index (χ0n) is 11.1. The summed E-state index contributed by atoms with van der Waals surface area (Å²) < 4.78 is 1.08. The van der Waals surface area contributed by atoms with E-state index in [9.17, 15) is 9.59 Å². The van der Waals surface area contributed by atoms with Crippen molar-refractivity contribution in [3.63, 3.8) is 0 Å². The monoisotopic (exact) mass is 412 g/mol. The van der Waals surface area contributed by atoms with Gasteiger partial charge in [0.1, 0.15) is 0 Å². The van der Waals surface area contributed by atoms with E-state index in [2.05, 4.69) is 33.2 Å². The van der Waals surface area contributed by atoms with Crippen molar-refractivity contribution in [2.75, 3.05) is 10.6 Å². The lowest BCUT2D eigenvalue weighted by Gasteiger charge is -2.07. The van der Waals surface area contributed by atoms with Crippen LogP contribution in [0.3, 0.4) is 0 Å². The fourth-order valence-electron chi connectivity index (χ4n) is 1.86. The number of halogens is 1. The molecule has 1 aromatic heterocycles. The number of thiophene rings is 1. The average Bonchev–Trinajstić information content (AvgIpc) is 3.23. The summed E-state index contributed by atoms with van der Waals surface area (Å²) in [5.74, 6) is 0.147. The van der Waals surface area contributed by atoms with Crippen molar-refractivity contribution in [3.05, 3.63) is 44.2 Å². The fourth-order valence-corrected chi connectivity index (χ4v) is 3.19. The maximum Gasteiger partial charge on any atom is 0.256 e. The summed E-state index contributed by atoms with van der Waals surface area (Å²) in [6, 6.07) is 9.03. The molecule has 1 heterocycles. The molecule has 0 spiro atoms. The van der Waals surface area contributed by atoms with Gasteiger partial charge in [0.25, 0.3) is 5.91 Å². The highest BCUT2D eigenvalue weighted by molar-refractivity contribution is 14.1. The van der Waals surface area contributed by atoms with Gasteiger partial charge < -0.3 is 10.6 Å². The average molecular weight is 412 g/mol. The second-order valence-electron chi connectivity index (χ2n) is 4.93. The highest BCUT2D eigenvalue weighted by atomic mass is 127. The molecular formula is C15H13IN2O2S. The molecule has 1 aliphatic rings. The molecule has 1 aliphatic carbocycles. The smallest absolute Gasteiger partial charge is 0.256 e. The standard InChI is InChI=1S/C15H13IN2O2S/c16-13-7-10(8-21-13)15(20)18-12-5-3-11(4-6-12)17-14(19)9-1-2-9/h3-9H,1-2H2,(H,17,19)(H,18,20). The molecule has 1 aromatic carbocycles. The van der Waals surface area contributed by atoms with Crippen LogP contribution in [0.1, 0.15) is 23.2 Å². The summed E-state index contributed by atoms with van der Waals surface area (Å²) >= 11 is 3.73. The molecule has 0 bridgehead atoms. The zero-order chi connectivity index (χ0) is 14.8. The number of anilines is 2. The predicted molar refractivity (Wildman–Crippen MR) is 92.8 cm³/mol. The summed E-state index contributed by atoms with van der Waals surface area (Å²) in [4.78, 5) is 23.7. The van der Waals surface area contributed by atoms with Crippen LogP contribution in [0.5, 0.6) is 0 Å². The number of benzene rings is 1. The summed E-state index contributed by atoms with van der Waals surface area (Å²) in [7, 11) is 0. The predicted octanol–water partition coefficient (Wildman–Crippen LogP) is 3.95. The van der Waals surface area contributed by atoms with Crippen molar-refractivity contribution >= 4 is 57.1 Å². The third-order valence-corrected chi connectivity index (χ3v) is 4.98. The lowest BCUT2D eigenvalue weighted by Crippen LogP contribution is -2.13. The van der Waals surface area contributed by atoms with Crippen LogP contribution in [0, 0.1) is 8.80 Å². The van der Waals surface area contributed by atoms with Gasteiger partial charge in [-0.15, -0.1) is 11.3 Å². The van der Waals surface area contributed by atoms with Crippen molar-refractivity contribution < 1.29 is 9.59 Å². The van der Waals surface area contributed by atoms with Crippen LogP contribution in [-0.2, 0) is 4.79 Å². The van der Waals surface area contributed by atoms with Crippen LogP contribution in [0.25, 0.3) is 0 Å². The SMILES string of the molecule is O=C(Nc1ccc(NC(=O)C2CC2)cc1)c1csc(I)c1. The van der Waals surface area contributed by atoms with Crippen molar-refractivity contribution in [2.45, 2.75) is 12.8 Å². The van der Waals surface area contributed by atoms with Crippen LogP contribution in [-0.4, -0.2) is 11.8 Å². The number of rotatable bonds is 4. The molecule has 0 aliphatic heterocycles. The minimum atomic E-state index is -0.121. The van der Waals surface area contributed by atoms with E-state index in [0.29, 0.717) is 11.3 Å². The third kappa shape index (κ3) is 3.82. The van der Waals surface area contributed by atoms with Gasteiger partial charge in [-0.3, -0.25) is 9.59 Å². The van der Waals surface area contributed by atoms with Crippen LogP contribution < -0.4 is 10.6 Å². The summed E-state index contributed by atoms with van der Waals surface area (Å²) in [6.07, 6.45) is 1.97. The minimum Gasteiger partial charge on any atom is -0.326 e. The van der Waals surface area contributed by atoms with E-state index in [1.807, 2.05) is 11.4 Å². The summed E-state index contributed by atoms with van der Waals surface area (Å²) in [5, 5.41) is 7.54. The van der Waals surface area contributed by atoms with E-state index in [1.54, 1.807) is 24.3 Å². The molecule has 2 aromatic rings. The highest BCUT2D eigenvalue weighted by Gasteiger charge is 2.29. The van der Waals surface area contributed by atoms with Crippen LogP contribution in [0.15, 0.2) is 35.7 Å². The van der Waals surface area contributed by atoms with Gasteiger partial charge in [0.2, 0.25) is 5.91 Å². The molecule has 2 amide bonds. The summed E-state index contributed by atoms with van der Waals surface area (Å²) in [6.45, 7) is 0. The minimum absolute atomic E-state index is 0.0830. The van der Waals surface area contributed by atoms with Crippen molar-refractivity contribution in [3.8, 4) is 0 Å². The molecule has 0 atom stereocenters. The normalized spacial score (nSPS) is 13.8. The van der Waals surface area contributed by atoms with Crippen LogP contribution in [0.4, 0.5) is 11.4 Å². The van der Waals surface area contributed by atoms with E-state index in [-0.39, 0.29) is 17.7 Å². The van der Waals surface area contributed by atoms with Crippen molar-refractivity contribution in [1.82, 2.24) is 0 Å². The molecule has 1 fully saturated rings. The van der Waals surface area contributed by atoms with Gasteiger partial charge >= 0.3 is 0 Å². The Morgan fingerprint density at radius 1 is 1.10 bits per heavy atom. The van der Waals surface area contributed by atoms with Gasteiger partial charge in [0.05, 0.1) is 8.45 Å². The Balaban J connectivity index is 1.61. The Kier molecular flexibility index (Phi) is 4.25. The maximum absolute atomic E-state index is 12.0. The quantitative estimate of drug-likeness (QED) is 0.748. The molecule has 0 unspecified atom stereocenters. The van der Waals surface area contributed by atoms with E-state index >= 15 is 0 Å². The molecule has 6 heteroatoms. The van der Waals surface area contributed by atoms with Crippen molar-refractivity contribution in [2.24, 2.45) is 5.92 Å². The molecule has 108 valence electrons. The van der Waals surface area contributed by atoms with Gasteiger partial charge in [-0.05, 0) is 65.8 Å². The Bertz CT molecular complexity index is 677. The largest absolute Gasteiger partial charge is 0.326 e. The number of hydrogen-bond donors (Lipinski definition) is 2. The zero-order valence-corrected chi connectivity index (χ0v) is 14.0. The number of carbonyl (C=O) groups excluding carboxylic acids is 2. The second-order valence-corrected chi connectivity index (χ2v) is 7.74. The molecule has 0 saturated heterocycles. The van der Waals surface area contributed by atoms with E-state index < -0.39 is 0 Å². The third-order valence-electron chi connectivity index (χ3n) is 3.19. The Labute approximate surface area is 140 Å². The molecule has 2 N–H and O–H groups in total. The highest BCUT2D eigenvalue weighted by Crippen LogP contribution is 2.30. The van der Waals surface area contributed by atoms with Crippen LogP contribution >= 0.6 is 33.9 Å². The molecule has 0 radical (unpaired) electrons. The van der Waals surface area contributed by atoms with Gasteiger partial charge in [-0.1, -0.05) is 0 Å². The Hall–Kier alpha value is -1.41. The first-order valence-corrected chi connectivity index (χ1v) is 8.54. The van der Waals surface area contributed by atoms with Gasteiger partial charge in [-0.25, -0.2) is 0 Å². The molecule has 4 nitrogen and oxygen atoms in total. The van der Waals surface area contributed by atoms with Gasteiger partial charge in [0, 0.05) is 22.7 Å². The lowest BCUT2D eigenvalue weighted by atomic mass is 10.2. The first-order valence-electron chi connectivity index (χ1n) is 6.58. The molecule has 3 rings (SSSR count). The fraction of sp³-hybridized carbons (Fsp3) is 0.200. The topological polar surface area (TPSA) is 58.2 Å². The number of nitrogens with one attached hydrogen (secondary N) is 2. The van der Waals surface area contributed by atoms with Gasteiger partial charge in [0.15, 0.2) is 0 Å². The Morgan fingerprint density at radius 3 is 2.24 bits per heavy atom. The number of amides is 2. The van der Waals surface area contributed by atoms with E-state index in [0.717, 1.165) is 21.4 Å². The maximum atomic E-state index is 12.0. The van der Waals surface area contributed by atoms with Gasteiger partial charge in [-0.2, -0.15) is 0 Å². The van der Waals surface area contributed by atoms with E-state index in [1.165, 1.54) is 11.3 Å². The number of carbonyl (C=O) groups is 2. The number of hydrogen-bond acceptors (Lipinski definition) is 3. The second kappa shape index (κ2) is 6.15. The summed E-state index contributed by atoms with van der Waals surface area (Å²) in [5.41, 5.74) is 2.14. The first-order chi connectivity index (χ1) is 10.1. The molecular weight excluding hydrogens is 399 g/mol. The van der Waals surface area contributed by atoms with Crippen LogP contribution in [0.2, 0.25) is 0 Å².